The lowest BCUT2D eigenvalue weighted by atomic mass is 10.4. The number of nitrogen functional groups attached to an aromatic ring is 1. The molecule has 1 unspecified atom stereocenters. The van der Waals surface area contributed by atoms with Gasteiger partial charge in [0.15, 0.2) is 11.2 Å². The van der Waals surface area contributed by atoms with Crippen molar-refractivity contribution in [1.29, 1.82) is 0 Å². The number of rotatable bonds is 10. The van der Waals surface area contributed by atoms with Crippen LogP contribution in [0.2, 0.25) is 0 Å². The van der Waals surface area contributed by atoms with E-state index in [1.165, 1.54) is 10.9 Å². The van der Waals surface area contributed by atoms with E-state index in [4.69, 9.17) is 15.0 Å². The highest BCUT2D eigenvalue weighted by molar-refractivity contribution is 7.52. The fraction of sp³-hybridized carbons (Fsp3) is 0.615. The third kappa shape index (κ3) is 5.13. The summed E-state index contributed by atoms with van der Waals surface area (Å²) >= 11 is 0. The molecule has 11 heteroatoms. The van der Waals surface area contributed by atoms with E-state index < -0.39 is 13.2 Å². The first-order valence-electron chi connectivity index (χ1n) is 7.67. The zero-order valence-electron chi connectivity index (χ0n) is 13.5. The Hall–Kier alpha value is -1.74. The van der Waals surface area contributed by atoms with Gasteiger partial charge in [-0.15, -0.1) is 0 Å². The molecule has 0 amide bonds. The van der Waals surface area contributed by atoms with Gasteiger partial charge in [-0.05, 0) is 12.8 Å². The molecule has 2 aromatic rings. The quantitative estimate of drug-likeness (QED) is 0.422. The number of aromatic amines is 1. The average molecular weight is 359 g/mol. The summed E-state index contributed by atoms with van der Waals surface area (Å²) in [5.41, 5.74) is 5.59. The lowest BCUT2D eigenvalue weighted by Crippen LogP contribution is -2.13. The minimum Gasteiger partial charge on any atom is -0.369 e. The van der Waals surface area contributed by atoms with E-state index in [1.54, 1.807) is 0 Å². The molecule has 0 radical (unpaired) electrons. The van der Waals surface area contributed by atoms with Crippen molar-refractivity contribution >= 4 is 24.7 Å². The molecule has 0 aliphatic heterocycles. The number of nitrogens with one attached hydrogen (secondary N) is 1. The van der Waals surface area contributed by atoms with E-state index in [1.807, 2.05) is 6.92 Å². The number of ether oxygens (including phenoxy) is 1. The van der Waals surface area contributed by atoms with Crippen molar-refractivity contribution < 1.29 is 18.7 Å². The first-order chi connectivity index (χ1) is 11.4. The van der Waals surface area contributed by atoms with Crippen molar-refractivity contribution in [3.05, 3.63) is 16.7 Å². The largest absolute Gasteiger partial charge is 0.369 e. The monoisotopic (exact) mass is 359 g/mol. The second-order valence-corrected chi connectivity index (χ2v) is 7.26. The van der Waals surface area contributed by atoms with Gasteiger partial charge in [-0.1, -0.05) is 13.3 Å². The van der Waals surface area contributed by atoms with Gasteiger partial charge in [0.1, 0.15) is 6.73 Å². The Balaban J connectivity index is 1.79. The van der Waals surface area contributed by atoms with Crippen LogP contribution in [0.4, 0.5) is 5.95 Å². The molecule has 134 valence electrons. The Morgan fingerprint density at radius 1 is 1.42 bits per heavy atom. The van der Waals surface area contributed by atoms with Crippen molar-refractivity contribution in [3.63, 3.8) is 0 Å². The van der Waals surface area contributed by atoms with Crippen LogP contribution in [0.5, 0.6) is 0 Å². The molecule has 24 heavy (non-hydrogen) atoms. The molecule has 2 aromatic heterocycles. The van der Waals surface area contributed by atoms with Crippen molar-refractivity contribution in [2.24, 2.45) is 0 Å². The summed E-state index contributed by atoms with van der Waals surface area (Å²) in [7, 11) is -3.55. The Labute approximate surface area is 138 Å². The lowest BCUT2D eigenvalue weighted by molar-refractivity contribution is 0.0791. The fourth-order valence-electron chi connectivity index (χ4n) is 2.01. The number of imidazole rings is 1. The smallest absolute Gasteiger partial charge is 0.328 e. The molecule has 4 N–H and O–H groups in total. The average Bonchev–Trinajstić information content (AvgIpc) is 2.90. The van der Waals surface area contributed by atoms with Crippen LogP contribution in [0.3, 0.4) is 0 Å². The maximum atomic E-state index is 11.7. The Kier molecular flexibility index (Phi) is 6.50. The number of anilines is 1. The number of nitrogens with two attached hydrogens (primary N) is 1. The molecular weight excluding hydrogens is 337 g/mol. The maximum Gasteiger partial charge on any atom is 0.328 e. The predicted molar refractivity (Wildman–Crippen MR) is 88.7 cm³/mol. The SMILES string of the molecule is CCCCOP(=O)(O)CCCOCn1cnc2c(=O)[nH]c(N)nc21. The Morgan fingerprint density at radius 3 is 2.96 bits per heavy atom. The molecule has 0 bridgehead atoms. The molecule has 0 spiro atoms. The molecule has 0 saturated heterocycles. The number of hydrogen-bond donors (Lipinski definition) is 3. The van der Waals surface area contributed by atoms with Gasteiger partial charge in [0.05, 0.1) is 19.1 Å². The molecule has 2 rings (SSSR count). The zero-order chi connectivity index (χ0) is 17.6. The van der Waals surface area contributed by atoms with Crippen molar-refractivity contribution in [2.45, 2.75) is 32.9 Å². The van der Waals surface area contributed by atoms with Gasteiger partial charge in [0, 0.05) is 6.61 Å². The van der Waals surface area contributed by atoms with Gasteiger partial charge >= 0.3 is 7.60 Å². The molecular formula is C13H22N5O5P. The van der Waals surface area contributed by atoms with Crippen LogP contribution < -0.4 is 11.3 Å². The molecule has 0 aromatic carbocycles. The summed E-state index contributed by atoms with van der Waals surface area (Å²) in [4.78, 5) is 31.6. The number of aromatic nitrogens is 4. The van der Waals surface area contributed by atoms with E-state index in [0.29, 0.717) is 12.1 Å². The fourth-order valence-corrected chi connectivity index (χ4v) is 3.08. The standard InChI is InChI=1S/C13H22N5O5P/c1-2-3-6-23-24(20,21)7-4-5-22-9-18-8-15-10-11(18)16-13(14)17-12(10)19/h8H,2-7,9H2,1H3,(H,20,21)(H3,14,16,17,19). The summed E-state index contributed by atoms with van der Waals surface area (Å²) in [6.45, 7) is 2.64. The van der Waals surface area contributed by atoms with E-state index in [0.717, 1.165) is 12.8 Å². The van der Waals surface area contributed by atoms with Gasteiger partial charge in [0.25, 0.3) is 5.56 Å². The molecule has 2 heterocycles. The highest BCUT2D eigenvalue weighted by Crippen LogP contribution is 2.42. The summed E-state index contributed by atoms with van der Waals surface area (Å²) in [5, 5.41) is 0. The number of H-pyrrole nitrogens is 1. The summed E-state index contributed by atoms with van der Waals surface area (Å²) in [6.07, 6.45) is 3.50. The third-order valence-electron chi connectivity index (χ3n) is 3.24. The summed E-state index contributed by atoms with van der Waals surface area (Å²) < 4.78 is 23.7. The maximum absolute atomic E-state index is 11.7. The van der Waals surface area contributed by atoms with Crippen LogP contribution in [0, 0.1) is 0 Å². The molecule has 0 saturated carbocycles. The molecule has 0 fully saturated rings. The Morgan fingerprint density at radius 2 is 2.21 bits per heavy atom. The van der Waals surface area contributed by atoms with Crippen LogP contribution >= 0.6 is 7.60 Å². The van der Waals surface area contributed by atoms with Crippen LogP contribution in [0.1, 0.15) is 26.2 Å². The zero-order valence-corrected chi connectivity index (χ0v) is 14.4. The second kappa shape index (κ2) is 8.39. The van der Waals surface area contributed by atoms with Gasteiger partial charge in [0.2, 0.25) is 5.95 Å². The van der Waals surface area contributed by atoms with Crippen LogP contribution in [0.15, 0.2) is 11.1 Å². The van der Waals surface area contributed by atoms with Gasteiger partial charge in [-0.3, -0.25) is 18.9 Å². The summed E-state index contributed by atoms with van der Waals surface area (Å²) in [5.74, 6) is -0.000281. The first kappa shape index (κ1) is 18.6. The summed E-state index contributed by atoms with van der Waals surface area (Å²) in [6, 6.07) is 0. The normalized spacial score (nSPS) is 14.1. The van der Waals surface area contributed by atoms with E-state index in [9.17, 15) is 14.3 Å². The topological polar surface area (TPSA) is 145 Å². The molecule has 1 atom stereocenters. The third-order valence-corrected chi connectivity index (χ3v) is 4.71. The van der Waals surface area contributed by atoms with Crippen LogP contribution in [-0.2, 0) is 20.6 Å². The van der Waals surface area contributed by atoms with Gasteiger partial charge < -0.3 is 19.9 Å². The van der Waals surface area contributed by atoms with Crippen molar-refractivity contribution in [3.8, 4) is 0 Å². The second-order valence-electron chi connectivity index (χ2n) is 5.28. The van der Waals surface area contributed by atoms with E-state index >= 15 is 0 Å². The Bertz CT molecular complexity index is 774. The number of nitrogens with zero attached hydrogens (tertiary/aromatic N) is 3. The van der Waals surface area contributed by atoms with E-state index in [-0.39, 0.29) is 37.6 Å². The number of fused-ring (bicyclic) bond motifs is 1. The molecule has 0 aliphatic carbocycles. The minimum atomic E-state index is -3.55. The number of unbranched alkanes of at least 4 members (excludes halogenated alkanes) is 1. The van der Waals surface area contributed by atoms with Crippen molar-refractivity contribution in [1.82, 2.24) is 19.5 Å². The molecule has 10 nitrogen and oxygen atoms in total. The highest BCUT2D eigenvalue weighted by atomic mass is 31.2. The van der Waals surface area contributed by atoms with Crippen LogP contribution in [0.25, 0.3) is 11.2 Å². The van der Waals surface area contributed by atoms with Crippen LogP contribution in [-0.4, -0.2) is 43.8 Å². The minimum absolute atomic E-state index is 0.000281. The van der Waals surface area contributed by atoms with Crippen molar-refractivity contribution in [2.75, 3.05) is 25.1 Å². The molecule has 0 aliphatic rings. The first-order valence-corrected chi connectivity index (χ1v) is 9.44. The highest BCUT2D eigenvalue weighted by Gasteiger charge is 2.18. The lowest BCUT2D eigenvalue weighted by Gasteiger charge is -2.12. The van der Waals surface area contributed by atoms with E-state index in [2.05, 4.69) is 15.0 Å². The van der Waals surface area contributed by atoms with Gasteiger partial charge in [-0.2, -0.15) is 4.98 Å². The predicted octanol–water partition coefficient (Wildman–Crippen LogP) is 1.07. The van der Waals surface area contributed by atoms with Gasteiger partial charge in [-0.25, -0.2) is 4.98 Å². The number of hydrogen-bond acceptors (Lipinski definition) is 7.